The molecule has 3 aliphatic heterocycles. The lowest BCUT2D eigenvalue weighted by atomic mass is 10.1. The highest BCUT2D eigenvalue weighted by Crippen LogP contribution is 2.20. The maximum absolute atomic E-state index is 5.65. The van der Waals surface area contributed by atoms with Gasteiger partial charge < -0.3 is 14.8 Å². The van der Waals surface area contributed by atoms with Crippen molar-refractivity contribution in [1.82, 2.24) is 5.32 Å². The molecule has 0 amide bonds. The zero-order chi connectivity index (χ0) is 19.0. The van der Waals surface area contributed by atoms with Gasteiger partial charge in [-0.05, 0) is 11.8 Å². The molecule has 0 saturated carbocycles. The summed E-state index contributed by atoms with van der Waals surface area (Å²) >= 11 is 0. The first kappa shape index (κ1) is 17.7. The number of hydrogen-bond donors (Lipinski definition) is 1. The molecule has 0 aliphatic carbocycles. The fourth-order valence-electron chi connectivity index (χ4n) is 3.07. The molecule has 142 valence electrons. The van der Waals surface area contributed by atoms with E-state index in [1.807, 2.05) is 24.3 Å². The Labute approximate surface area is 159 Å². The van der Waals surface area contributed by atoms with Crippen LogP contribution in [-0.4, -0.2) is 49.0 Å². The predicted molar refractivity (Wildman–Crippen MR) is 107 cm³/mol. The molecule has 7 nitrogen and oxygen atoms in total. The van der Waals surface area contributed by atoms with E-state index in [4.69, 9.17) is 9.47 Å². The lowest BCUT2D eigenvalue weighted by Crippen LogP contribution is -2.24. The second kappa shape index (κ2) is 7.13. The normalized spacial score (nSPS) is 26.9. The van der Waals surface area contributed by atoms with Crippen molar-refractivity contribution in [3.8, 4) is 0 Å². The molecule has 0 bridgehead atoms. The Hall–Kier alpha value is -2.70. The number of hydrogen-bond acceptors (Lipinski definition) is 6. The molecule has 3 heterocycles. The van der Waals surface area contributed by atoms with Crippen LogP contribution in [0.25, 0.3) is 0 Å². The van der Waals surface area contributed by atoms with E-state index in [9.17, 15) is 0 Å². The first-order chi connectivity index (χ1) is 13.0. The summed E-state index contributed by atoms with van der Waals surface area (Å²) in [5.74, 6) is 2.23. The Kier molecular flexibility index (Phi) is 4.68. The van der Waals surface area contributed by atoms with Gasteiger partial charge in [0.05, 0.1) is 12.1 Å². The van der Waals surface area contributed by atoms with E-state index in [1.54, 1.807) is 0 Å². The quantitative estimate of drug-likeness (QED) is 0.872. The standard InChI is InChI=1S/C20H25N5O2/c1-11(2)15-9-26-19(21-15)24-17-13-7-5-6-8-14(13)18(23-17)25-20-22-16(10-27-20)12(3)4/h5-8,11-12,15-16H,9-10H2,1-4H3,(H,21,22,23,24,25). The number of benzene rings is 1. The third-order valence-electron chi connectivity index (χ3n) is 4.95. The van der Waals surface area contributed by atoms with Crippen molar-refractivity contribution < 1.29 is 9.47 Å². The monoisotopic (exact) mass is 367 g/mol. The molecule has 0 aromatic heterocycles. The molecule has 0 spiro atoms. The van der Waals surface area contributed by atoms with Gasteiger partial charge in [0.2, 0.25) is 0 Å². The van der Waals surface area contributed by atoms with Crippen molar-refractivity contribution in [2.75, 3.05) is 13.2 Å². The molecular weight excluding hydrogens is 342 g/mol. The fraction of sp³-hybridized carbons (Fsp3) is 0.500. The maximum atomic E-state index is 5.65. The van der Waals surface area contributed by atoms with Gasteiger partial charge in [0.25, 0.3) is 0 Å². The van der Waals surface area contributed by atoms with Crippen LogP contribution in [0.3, 0.4) is 0 Å². The fourth-order valence-corrected chi connectivity index (χ4v) is 3.07. The number of amidine groups is 4. The molecule has 2 unspecified atom stereocenters. The van der Waals surface area contributed by atoms with Crippen LogP contribution in [0.15, 0.2) is 44.2 Å². The summed E-state index contributed by atoms with van der Waals surface area (Å²) < 4.78 is 11.3. The van der Waals surface area contributed by atoms with Crippen molar-refractivity contribution in [2.24, 2.45) is 31.8 Å². The highest BCUT2D eigenvalue weighted by Gasteiger charge is 2.28. The van der Waals surface area contributed by atoms with Gasteiger partial charge in [-0.15, -0.1) is 0 Å². The molecule has 4 rings (SSSR count). The topological polar surface area (TPSA) is 79.9 Å². The highest BCUT2D eigenvalue weighted by molar-refractivity contribution is 6.28. The molecular formula is C20H25N5O2. The van der Waals surface area contributed by atoms with E-state index in [2.05, 4.69) is 53.0 Å². The number of nitrogens with zero attached hydrogens (tertiary/aromatic N) is 4. The number of fused-ring (bicyclic) bond motifs is 1. The number of nitrogens with one attached hydrogen (secondary N) is 1. The summed E-state index contributed by atoms with van der Waals surface area (Å²) in [6.45, 7) is 9.69. The summed E-state index contributed by atoms with van der Waals surface area (Å²) in [5.41, 5.74) is 1.93. The van der Waals surface area contributed by atoms with E-state index < -0.39 is 0 Å². The predicted octanol–water partition coefficient (Wildman–Crippen LogP) is 2.60. The van der Waals surface area contributed by atoms with Gasteiger partial charge in [-0.3, -0.25) is 0 Å². The SMILES string of the molecule is CC(C)C1COC(N=C2NC(=NC3=NC(C(C)C)CO3)c3ccccc32)=N1. The zero-order valence-electron chi connectivity index (χ0n) is 16.1. The van der Waals surface area contributed by atoms with Gasteiger partial charge in [-0.1, -0.05) is 52.0 Å². The summed E-state index contributed by atoms with van der Waals surface area (Å²) in [5, 5.41) is 3.28. The average molecular weight is 367 g/mol. The minimum atomic E-state index is 0.156. The Balaban J connectivity index is 1.62. The third kappa shape index (κ3) is 3.59. The molecule has 3 aliphatic rings. The summed E-state index contributed by atoms with van der Waals surface area (Å²) in [7, 11) is 0. The largest absolute Gasteiger partial charge is 0.461 e. The van der Waals surface area contributed by atoms with Crippen LogP contribution < -0.4 is 5.32 Å². The Morgan fingerprint density at radius 2 is 1.30 bits per heavy atom. The van der Waals surface area contributed by atoms with Gasteiger partial charge >= 0.3 is 12.0 Å². The first-order valence-corrected chi connectivity index (χ1v) is 9.46. The van der Waals surface area contributed by atoms with Crippen molar-refractivity contribution in [3.63, 3.8) is 0 Å². The molecule has 7 heteroatoms. The number of aliphatic imine (C=N–C) groups is 4. The number of rotatable bonds is 2. The zero-order valence-corrected chi connectivity index (χ0v) is 16.1. The maximum Gasteiger partial charge on any atom is 0.314 e. The van der Waals surface area contributed by atoms with Crippen LogP contribution in [0.1, 0.15) is 38.8 Å². The van der Waals surface area contributed by atoms with Crippen LogP contribution in [0.4, 0.5) is 0 Å². The smallest absolute Gasteiger partial charge is 0.314 e. The molecule has 0 radical (unpaired) electrons. The van der Waals surface area contributed by atoms with Crippen LogP contribution in [-0.2, 0) is 9.47 Å². The van der Waals surface area contributed by atoms with Gasteiger partial charge in [0, 0.05) is 11.1 Å². The van der Waals surface area contributed by atoms with Gasteiger partial charge in [-0.25, -0.2) is 9.98 Å². The molecule has 0 fully saturated rings. The van der Waals surface area contributed by atoms with E-state index in [-0.39, 0.29) is 12.1 Å². The second-order valence-electron chi connectivity index (χ2n) is 7.66. The molecule has 27 heavy (non-hydrogen) atoms. The minimum absolute atomic E-state index is 0.156. The molecule has 2 atom stereocenters. The first-order valence-electron chi connectivity index (χ1n) is 9.46. The summed E-state index contributed by atoms with van der Waals surface area (Å²) in [4.78, 5) is 18.3. The lowest BCUT2D eigenvalue weighted by Gasteiger charge is -2.06. The highest BCUT2D eigenvalue weighted by atomic mass is 16.5. The van der Waals surface area contributed by atoms with Crippen LogP contribution in [0, 0.1) is 11.8 Å². The van der Waals surface area contributed by atoms with Gasteiger partial charge in [0.15, 0.2) is 0 Å². The van der Waals surface area contributed by atoms with E-state index in [1.165, 1.54) is 0 Å². The molecule has 1 N–H and O–H groups in total. The van der Waals surface area contributed by atoms with Crippen LogP contribution in [0.5, 0.6) is 0 Å². The summed E-state index contributed by atoms with van der Waals surface area (Å²) in [6.07, 6.45) is 0. The molecule has 1 aromatic carbocycles. The third-order valence-corrected chi connectivity index (χ3v) is 4.95. The van der Waals surface area contributed by atoms with Gasteiger partial charge in [-0.2, -0.15) is 9.98 Å². The number of ether oxygens (including phenoxy) is 2. The van der Waals surface area contributed by atoms with Crippen molar-refractivity contribution >= 4 is 23.7 Å². The van der Waals surface area contributed by atoms with E-state index >= 15 is 0 Å². The Morgan fingerprint density at radius 1 is 0.852 bits per heavy atom. The minimum Gasteiger partial charge on any atom is -0.461 e. The van der Waals surface area contributed by atoms with Crippen molar-refractivity contribution in [2.45, 2.75) is 39.8 Å². The van der Waals surface area contributed by atoms with Crippen LogP contribution in [0.2, 0.25) is 0 Å². The van der Waals surface area contributed by atoms with Crippen LogP contribution >= 0.6 is 0 Å². The van der Waals surface area contributed by atoms with E-state index in [0.717, 1.165) is 11.1 Å². The molecule has 0 saturated heterocycles. The Bertz CT molecular complexity index is 785. The van der Waals surface area contributed by atoms with Crippen molar-refractivity contribution in [1.29, 1.82) is 0 Å². The second-order valence-corrected chi connectivity index (χ2v) is 7.66. The Morgan fingerprint density at radius 3 is 1.67 bits per heavy atom. The summed E-state index contributed by atoms with van der Waals surface area (Å²) in [6, 6.07) is 9.12. The van der Waals surface area contributed by atoms with E-state index in [0.29, 0.717) is 48.8 Å². The average Bonchev–Trinajstić information content (AvgIpc) is 3.36. The van der Waals surface area contributed by atoms with Crippen molar-refractivity contribution in [3.05, 3.63) is 35.4 Å². The van der Waals surface area contributed by atoms with Gasteiger partial charge in [0.1, 0.15) is 24.9 Å². The lowest BCUT2D eigenvalue weighted by molar-refractivity contribution is 0.288. The molecule has 1 aromatic rings.